The first-order chi connectivity index (χ1) is 11.1. The van der Waals surface area contributed by atoms with Gasteiger partial charge in [0.25, 0.3) is 5.91 Å². The Kier molecular flexibility index (Phi) is 6.43. The van der Waals surface area contributed by atoms with Crippen molar-refractivity contribution in [2.45, 2.75) is 20.1 Å². The van der Waals surface area contributed by atoms with Crippen LogP contribution in [-0.4, -0.2) is 35.9 Å². The molecule has 1 N–H and O–H groups in total. The van der Waals surface area contributed by atoms with Crippen LogP contribution in [0, 0.1) is 6.92 Å². The molecule has 0 spiro atoms. The number of nitrogens with zero attached hydrogens (tertiary/aromatic N) is 2. The van der Waals surface area contributed by atoms with Crippen LogP contribution in [0.2, 0.25) is 5.02 Å². The van der Waals surface area contributed by atoms with Crippen LogP contribution >= 0.6 is 11.6 Å². The van der Waals surface area contributed by atoms with Crippen molar-refractivity contribution in [3.63, 3.8) is 0 Å². The predicted octanol–water partition coefficient (Wildman–Crippen LogP) is 2.65. The summed E-state index contributed by atoms with van der Waals surface area (Å²) in [4.78, 5) is 11.9. The second kappa shape index (κ2) is 8.55. The first-order valence-corrected chi connectivity index (χ1v) is 7.67. The molecule has 2 aromatic rings. The minimum Gasteiger partial charge on any atom is -0.470 e. The molecule has 1 aromatic heterocycles. The molecule has 0 aliphatic rings. The first kappa shape index (κ1) is 17.3. The normalized spacial score (nSPS) is 10.6. The highest BCUT2D eigenvalue weighted by Gasteiger charge is 2.09. The van der Waals surface area contributed by atoms with Crippen molar-refractivity contribution in [2.75, 3.05) is 20.3 Å². The van der Waals surface area contributed by atoms with Gasteiger partial charge in [0.1, 0.15) is 11.4 Å². The van der Waals surface area contributed by atoms with Crippen LogP contribution in [0.3, 0.4) is 0 Å². The molecular weight excluding hydrogens is 318 g/mol. The monoisotopic (exact) mass is 337 g/mol. The van der Waals surface area contributed by atoms with E-state index in [0.717, 1.165) is 12.0 Å². The zero-order valence-corrected chi connectivity index (χ0v) is 14.0. The molecule has 0 atom stereocenters. The highest BCUT2D eigenvalue weighted by Crippen LogP contribution is 2.25. The number of hydrogen-bond donors (Lipinski definition) is 1. The van der Waals surface area contributed by atoms with Gasteiger partial charge in [-0.2, -0.15) is 5.10 Å². The minimum atomic E-state index is -0.214. The molecule has 7 heteroatoms. The second-order valence-electron chi connectivity index (χ2n) is 5.05. The van der Waals surface area contributed by atoms with Gasteiger partial charge in [0.15, 0.2) is 6.73 Å². The zero-order valence-electron chi connectivity index (χ0n) is 13.2. The molecule has 0 radical (unpaired) electrons. The largest absolute Gasteiger partial charge is 0.470 e. The highest BCUT2D eigenvalue weighted by molar-refractivity contribution is 6.32. The Morgan fingerprint density at radius 2 is 2.22 bits per heavy atom. The van der Waals surface area contributed by atoms with Crippen LogP contribution in [-0.2, 0) is 11.5 Å². The van der Waals surface area contributed by atoms with E-state index in [1.54, 1.807) is 30.1 Å². The zero-order chi connectivity index (χ0) is 16.7. The van der Waals surface area contributed by atoms with Gasteiger partial charge in [-0.05, 0) is 37.1 Å². The van der Waals surface area contributed by atoms with Gasteiger partial charge in [0, 0.05) is 26.5 Å². The van der Waals surface area contributed by atoms with Crippen LogP contribution in [0.5, 0.6) is 5.75 Å². The van der Waals surface area contributed by atoms with E-state index in [1.807, 2.05) is 19.1 Å². The van der Waals surface area contributed by atoms with E-state index in [2.05, 4.69) is 10.4 Å². The lowest BCUT2D eigenvalue weighted by atomic mass is 10.2. The number of rotatable bonds is 8. The second-order valence-corrected chi connectivity index (χ2v) is 5.46. The van der Waals surface area contributed by atoms with Gasteiger partial charge in [0.2, 0.25) is 0 Å². The number of benzene rings is 1. The lowest BCUT2D eigenvalue weighted by Crippen LogP contribution is -2.25. The molecule has 0 unspecified atom stereocenters. The molecule has 1 heterocycles. The maximum absolute atomic E-state index is 11.9. The van der Waals surface area contributed by atoms with Gasteiger partial charge in [0.05, 0.1) is 5.02 Å². The fourth-order valence-electron chi connectivity index (χ4n) is 1.92. The van der Waals surface area contributed by atoms with E-state index in [1.165, 1.54) is 0 Å². The summed E-state index contributed by atoms with van der Waals surface area (Å²) in [6, 6.07) is 7.20. The average molecular weight is 338 g/mol. The van der Waals surface area contributed by atoms with Crippen LogP contribution in [0.25, 0.3) is 0 Å². The molecule has 0 bridgehead atoms. The summed E-state index contributed by atoms with van der Waals surface area (Å²) in [6.45, 7) is 3.30. The molecular formula is C16H20ClN3O3. The van der Waals surface area contributed by atoms with E-state index in [0.29, 0.717) is 29.6 Å². The highest BCUT2D eigenvalue weighted by atomic mass is 35.5. The van der Waals surface area contributed by atoms with Crippen molar-refractivity contribution in [2.24, 2.45) is 0 Å². The van der Waals surface area contributed by atoms with E-state index < -0.39 is 0 Å². The minimum absolute atomic E-state index is 0.181. The van der Waals surface area contributed by atoms with Gasteiger partial charge in [-0.1, -0.05) is 17.7 Å². The third kappa shape index (κ3) is 5.26. The summed E-state index contributed by atoms with van der Waals surface area (Å²) in [6.07, 6.45) is 2.45. The van der Waals surface area contributed by atoms with E-state index in [-0.39, 0.29) is 12.6 Å². The summed E-state index contributed by atoms with van der Waals surface area (Å²) >= 11 is 6.07. The van der Waals surface area contributed by atoms with E-state index >= 15 is 0 Å². The number of carbonyl (C=O) groups excluding carboxylic acids is 1. The van der Waals surface area contributed by atoms with E-state index in [9.17, 15) is 4.79 Å². The Hall–Kier alpha value is -2.05. The SMILES string of the molecule is COCCCNC(=O)c1ccn(COc2cc(C)ccc2Cl)n1. The third-order valence-electron chi connectivity index (χ3n) is 3.12. The summed E-state index contributed by atoms with van der Waals surface area (Å²) in [5.74, 6) is 0.376. The van der Waals surface area contributed by atoms with Crippen molar-refractivity contribution in [3.8, 4) is 5.75 Å². The lowest BCUT2D eigenvalue weighted by molar-refractivity contribution is 0.0941. The van der Waals surface area contributed by atoms with Gasteiger partial charge < -0.3 is 14.8 Å². The van der Waals surface area contributed by atoms with Crippen LogP contribution in [0.1, 0.15) is 22.5 Å². The topological polar surface area (TPSA) is 65.4 Å². The Morgan fingerprint density at radius 1 is 1.39 bits per heavy atom. The molecule has 23 heavy (non-hydrogen) atoms. The number of nitrogens with one attached hydrogen (secondary N) is 1. The Morgan fingerprint density at radius 3 is 3.00 bits per heavy atom. The number of ether oxygens (including phenoxy) is 2. The summed E-state index contributed by atoms with van der Waals surface area (Å²) in [5, 5.41) is 7.50. The molecule has 1 amide bonds. The van der Waals surface area contributed by atoms with Crippen molar-refractivity contribution in [1.29, 1.82) is 0 Å². The molecule has 6 nitrogen and oxygen atoms in total. The fraction of sp³-hybridized carbons (Fsp3) is 0.375. The van der Waals surface area contributed by atoms with Crippen LogP contribution < -0.4 is 10.1 Å². The third-order valence-corrected chi connectivity index (χ3v) is 3.44. The number of aromatic nitrogens is 2. The Labute approximate surface area is 140 Å². The van der Waals surface area contributed by atoms with Crippen molar-refractivity contribution in [1.82, 2.24) is 15.1 Å². The van der Waals surface area contributed by atoms with Gasteiger partial charge in [-0.15, -0.1) is 0 Å². The first-order valence-electron chi connectivity index (χ1n) is 7.29. The average Bonchev–Trinajstić information content (AvgIpc) is 3.01. The maximum atomic E-state index is 11.9. The molecule has 0 aliphatic heterocycles. The molecule has 0 saturated carbocycles. The predicted molar refractivity (Wildman–Crippen MR) is 87.9 cm³/mol. The summed E-state index contributed by atoms with van der Waals surface area (Å²) in [7, 11) is 1.63. The van der Waals surface area contributed by atoms with Gasteiger partial charge in [-0.3, -0.25) is 4.79 Å². The van der Waals surface area contributed by atoms with Gasteiger partial charge in [-0.25, -0.2) is 4.68 Å². The van der Waals surface area contributed by atoms with Crippen molar-refractivity contribution >= 4 is 17.5 Å². The van der Waals surface area contributed by atoms with Crippen molar-refractivity contribution < 1.29 is 14.3 Å². The molecule has 0 fully saturated rings. The number of carbonyl (C=O) groups is 1. The molecule has 1 aromatic carbocycles. The Bertz CT molecular complexity index is 658. The molecule has 0 aliphatic carbocycles. The van der Waals surface area contributed by atoms with Crippen LogP contribution in [0.15, 0.2) is 30.5 Å². The van der Waals surface area contributed by atoms with Gasteiger partial charge >= 0.3 is 0 Å². The maximum Gasteiger partial charge on any atom is 0.271 e. The van der Waals surface area contributed by atoms with Crippen LogP contribution in [0.4, 0.5) is 0 Å². The fourth-order valence-corrected chi connectivity index (χ4v) is 2.09. The number of hydrogen-bond acceptors (Lipinski definition) is 4. The molecule has 2 rings (SSSR count). The number of amides is 1. The molecule has 124 valence electrons. The smallest absolute Gasteiger partial charge is 0.271 e. The number of halogens is 1. The number of methoxy groups -OCH3 is 1. The standard InChI is InChI=1S/C16H20ClN3O3/c1-12-4-5-13(17)15(10-12)23-11-20-8-6-14(19-20)16(21)18-7-3-9-22-2/h4-6,8,10H,3,7,9,11H2,1-2H3,(H,18,21). The van der Waals surface area contributed by atoms with E-state index in [4.69, 9.17) is 21.1 Å². The molecule has 0 saturated heterocycles. The summed E-state index contributed by atoms with van der Waals surface area (Å²) < 4.78 is 12.1. The Balaban J connectivity index is 1.87. The van der Waals surface area contributed by atoms with Crippen molar-refractivity contribution in [3.05, 3.63) is 46.7 Å². The number of aryl methyl sites for hydroxylation is 1. The summed E-state index contributed by atoms with van der Waals surface area (Å²) in [5.41, 5.74) is 1.40. The quantitative estimate of drug-likeness (QED) is 0.752. The lowest BCUT2D eigenvalue weighted by Gasteiger charge is -2.08.